The Hall–Kier alpha value is -1.69. The average molecular weight is 304 g/mol. The Balaban J connectivity index is 0.000000154. The highest BCUT2D eigenvalue weighted by molar-refractivity contribution is 7.85. The molecule has 0 spiro atoms. The summed E-state index contributed by atoms with van der Waals surface area (Å²) in [5.41, 5.74) is 2.40. The number of rotatable bonds is 2. The van der Waals surface area contributed by atoms with Crippen molar-refractivity contribution in [1.29, 1.82) is 0 Å². The zero-order valence-electron chi connectivity index (χ0n) is 11.8. The van der Waals surface area contributed by atoms with Crippen LogP contribution in [-0.2, 0) is 10.1 Å². The van der Waals surface area contributed by atoms with Gasteiger partial charge >= 0.3 is 0 Å². The van der Waals surface area contributed by atoms with Crippen molar-refractivity contribution in [3.8, 4) is 0 Å². The molecular weight excluding hydrogens is 286 g/mol. The van der Waals surface area contributed by atoms with Crippen LogP contribution in [0.2, 0.25) is 0 Å². The maximum Gasteiger partial charge on any atom is 0.124 e. The summed E-state index contributed by atoms with van der Waals surface area (Å²) in [6.45, 7) is 4.13. The monoisotopic (exact) mass is 304 g/mol. The van der Waals surface area contributed by atoms with Gasteiger partial charge in [0, 0.05) is 19.0 Å². The van der Waals surface area contributed by atoms with Crippen molar-refractivity contribution in [3.63, 3.8) is 0 Å². The first-order chi connectivity index (χ1) is 9.97. The van der Waals surface area contributed by atoms with Gasteiger partial charge in [-0.15, -0.1) is 0 Å². The average Bonchev–Trinajstić information content (AvgIpc) is 2.38. The van der Waals surface area contributed by atoms with Crippen molar-refractivity contribution >= 4 is 10.1 Å². The van der Waals surface area contributed by atoms with Crippen molar-refractivity contribution in [2.75, 3.05) is 13.1 Å². The third-order valence-electron chi connectivity index (χ3n) is 3.36. The van der Waals surface area contributed by atoms with Crippen molar-refractivity contribution in [2.45, 2.75) is 17.7 Å². The molecule has 0 unspecified atom stereocenters. The summed E-state index contributed by atoms with van der Waals surface area (Å²) in [5, 5.41) is 3.26. The summed E-state index contributed by atoms with van der Waals surface area (Å²) in [4.78, 5) is -0.178. The number of benzene rings is 2. The van der Waals surface area contributed by atoms with E-state index in [2.05, 4.69) is 35.6 Å². The second-order valence-electron chi connectivity index (χ2n) is 5.03. The Kier molecular flexibility index (Phi) is 5.12. The third-order valence-corrected chi connectivity index (χ3v) is 4.21. The van der Waals surface area contributed by atoms with Gasteiger partial charge in [0.05, 0.1) is 4.90 Å². The molecule has 0 saturated carbocycles. The lowest BCUT2D eigenvalue weighted by Gasteiger charge is -2.27. The molecule has 5 heteroatoms. The van der Waals surface area contributed by atoms with Crippen LogP contribution in [0.1, 0.15) is 17.0 Å². The van der Waals surface area contributed by atoms with E-state index in [4.69, 9.17) is 0 Å². The van der Waals surface area contributed by atoms with Gasteiger partial charge in [-0.3, -0.25) is 0 Å². The first-order valence-electron chi connectivity index (χ1n) is 6.75. The van der Waals surface area contributed by atoms with E-state index >= 15 is 0 Å². The van der Waals surface area contributed by atoms with Crippen molar-refractivity contribution in [2.24, 2.45) is 0 Å². The van der Waals surface area contributed by atoms with Gasteiger partial charge in [-0.1, -0.05) is 48.0 Å². The highest BCUT2D eigenvalue weighted by Crippen LogP contribution is 2.18. The van der Waals surface area contributed by atoms with E-state index in [1.54, 1.807) is 12.1 Å². The Morgan fingerprint density at radius 2 is 1.57 bits per heavy atom. The smallest absolute Gasteiger partial charge is 0.124 e. The Bertz CT molecular complexity index is 662. The fraction of sp³-hybridized carbons (Fsp3) is 0.250. The van der Waals surface area contributed by atoms with E-state index in [9.17, 15) is 13.0 Å². The van der Waals surface area contributed by atoms with E-state index in [-0.39, 0.29) is 4.90 Å². The molecule has 0 amide bonds. The van der Waals surface area contributed by atoms with Crippen LogP contribution in [0, 0.1) is 6.92 Å². The molecule has 1 heterocycles. The van der Waals surface area contributed by atoms with Crippen LogP contribution in [0.4, 0.5) is 0 Å². The zero-order chi connectivity index (χ0) is 15.3. The summed E-state index contributed by atoms with van der Waals surface area (Å²) in [7, 11) is -4.27. The lowest BCUT2D eigenvalue weighted by atomic mass is 9.94. The van der Waals surface area contributed by atoms with E-state index in [1.165, 1.54) is 17.7 Å². The largest absolute Gasteiger partial charge is 0.744 e. The predicted octanol–water partition coefficient (Wildman–Crippen LogP) is 2.27. The molecule has 0 radical (unpaired) electrons. The standard InChI is InChI=1S/C9H11N.C7H8O3S/c1-2-4-8(5-3-1)9-6-10-7-9;1-6-2-4-7(5-3-6)11(8,9)10/h1-5,9-10H,6-7H2;2-5H,1H3,(H,8,9,10)/p-1. The van der Waals surface area contributed by atoms with Crippen LogP contribution in [0.5, 0.6) is 0 Å². The zero-order valence-corrected chi connectivity index (χ0v) is 12.6. The molecule has 0 aromatic heterocycles. The van der Waals surface area contributed by atoms with E-state index < -0.39 is 10.1 Å². The SMILES string of the molecule is Cc1ccc(S(=O)(=O)[O-])cc1.c1ccc(C2CNC2)cc1. The molecule has 0 bridgehead atoms. The number of nitrogens with one attached hydrogen (secondary N) is 1. The molecule has 1 saturated heterocycles. The van der Waals surface area contributed by atoms with Gasteiger partial charge in [-0.2, -0.15) is 0 Å². The summed E-state index contributed by atoms with van der Waals surface area (Å²) < 4.78 is 31.2. The maximum absolute atomic E-state index is 10.4. The van der Waals surface area contributed by atoms with Gasteiger partial charge in [-0.05, 0) is 24.6 Å². The Morgan fingerprint density at radius 1 is 1.00 bits per heavy atom. The first kappa shape index (κ1) is 15.7. The van der Waals surface area contributed by atoms with Gasteiger partial charge < -0.3 is 9.87 Å². The minimum atomic E-state index is -4.27. The molecule has 4 nitrogen and oxygen atoms in total. The van der Waals surface area contributed by atoms with Crippen LogP contribution in [0.15, 0.2) is 59.5 Å². The Labute approximate surface area is 125 Å². The lowest BCUT2D eigenvalue weighted by Crippen LogP contribution is -2.39. The molecular formula is C16H18NO3S-. The van der Waals surface area contributed by atoms with Crippen LogP contribution >= 0.6 is 0 Å². The van der Waals surface area contributed by atoms with Crippen molar-refractivity contribution in [1.82, 2.24) is 5.32 Å². The normalized spacial score (nSPS) is 14.8. The van der Waals surface area contributed by atoms with Crippen molar-refractivity contribution in [3.05, 3.63) is 65.7 Å². The second-order valence-corrected chi connectivity index (χ2v) is 6.41. The molecule has 3 rings (SSSR count). The van der Waals surface area contributed by atoms with E-state index in [1.807, 2.05) is 6.92 Å². The number of hydrogen-bond donors (Lipinski definition) is 1. The second kappa shape index (κ2) is 6.85. The molecule has 1 N–H and O–H groups in total. The molecule has 1 aliphatic heterocycles. The highest BCUT2D eigenvalue weighted by Gasteiger charge is 2.17. The highest BCUT2D eigenvalue weighted by atomic mass is 32.2. The Morgan fingerprint density at radius 3 is 2.00 bits per heavy atom. The summed E-state index contributed by atoms with van der Waals surface area (Å²) >= 11 is 0. The fourth-order valence-corrected chi connectivity index (χ4v) is 2.42. The van der Waals surface area contributed by atoms with Crippen LogP contribution in [-0.4, -0.2) is 26.1 Å². The molecule has 2 aromatic rings. The molecule has 2 aromatic carbocycles. The van der Waals surface area contributed by atoms with Crippen LogP contribution in [0.3, 0.4) is 0 Å². The summed E-state index contributed by atoms with van der Waals surface area (Å²) in [6.07, 6.45) is 0. The van der Waals surface area contributed by atoms with E-state index in [0.717, 1.165) is 24.6 Å². The molecule has 1 fully saturated rings. The summed E-state index contributed by atoms with van der Waals surface area (Å²) in [5.74, 6) is 0.779. The molecule has 1 aliphatic rings. The molecule has 112 valence electrons. The third kappa shape index (κ3) is 4.67. The minimum absolute atomic E-state index is 0.178. The van der Waals surface area contributed by atoms with E-state index in [0.29, 0.717) is 0 Å². The lowest BCUT2D eigenvalue weighted by molar-refractivity contribution is 0.448. The van der Waals surface area contributed by atoms with Crippen LogP contribution in [0.25, 0.3) is 0 Å². The van der Waals surface area contributed by atoms with Gasteiger partial charge in [0.2, 0.25) is 0 Å². The molecule has 0 aliphatic carbocycles. The number of aryl methyl sites for hydroxylation is 1. The quantitative estimate of drug-likeness (QED) is 0.864. The van der Waals surface area contributed by atoms with Crippen LogP contribution < -0.4 is 5.32 Å². The predicted molar refractivity (Wildman–Crippen MR) is 81.2 cm³/mol. The topological polar surface area (TPSA) is 69.2 Å². The first-order valence-corrected chi connectivity index (χ1v) is 8.16. The number of hydrogen-bond acceptors (Lipinski definition) is 4. The molecule has 21 heavy (non-hydrogen) atoms. The van der Waals surface area contributed by atoms with Gasteiger partial charge in [0.25, 0.3) is 0 Å². The fourth-order valence-electron chi connectivity index (χ4n) is 1.95. The maximum atomic E-state index is 10.4. The van der Waals surface area contributed by atoms with Gasteiger partial charge in [0.15, 0.2) is 0 Å². The minimum Gasteiger partial charge on any atom is -0.744 e. The molecule has 0 atom stereocenters. The van der Waals surface area contributed by atoms with Crippen molar-refractivity contribution < 1.29 is 13.0 Å². The van der Waals surface area contributed by atoms with Gasteiger partial charge in [0.1, 0.15) is 10.1 Å². The summed E-state index contributed by atoms with van der Waals surface area (Å²) in [6, 6.07) is 16.5. The van der Waals surface area contributed by atoms with Gasteiger partial charge in [-0.25, -0.2) is 8.42 Å².